The monoisotopic (exact) mass is 377 g/mol. The van der Waals surface area contributed by atoms with Crippen LogP contribution in [0.5, 0.6) is 0 Å². The molecule has 1 amide bonds. The van der Waals surface area contributed by atoms with Crippen LogP contribution in [0.1, 0.15) is 33.8 Å². The highest BCUT2D eigenvalue weighted by Gasteiger charge is 2.37. The lowest BCUT2D eigenvalue weighted by Gasteiger charge is -2.36. The molecule has 26 heavy (non-hydrogen) atoms. The van der Waals surface area contributed by atoms with Crippen molar-refractivity contribution in [2.45, 2.75) is 31.7 Å². The predicted octanol–water partition coefficient (Wildman–Crippen LogP) is 3.62. The topological polar surface area (TPSA) is 75.6 Å². The minimum Gasteiger partial charge on any atom is -0.481 e. The van der Waals surface area contributed by atoms with Gasteiger partial charge in [-0.25, -0.2) is 4.39 Å². The van der Waals surface area contributed by atoms with Crippen molar-refractivity contribution in [1.82, 2.24) is 5.32 Å². The molecule has 0 unspecified atom stereocenters. The molecule has 5 nitrogen and oxygen atoms in total. The first-order valence-corrected chi connectivity index (χ1v) is 9.19. The summed E-state index contributed by atoms with van der Waals surface area (Å²) in [5.41, 5.74) is 0.930. The quantitative estimate of drug-likeness (QED) is 0.835. The van der Waals surface area contributed by atoms with Crippen LogP contribution < -0.4 is 5.32 Å². The lowest BCUT2D eigenvalue weighted by molar-refractivity contribution is -0.139. The molecule has 0 radical (unpaired) electrons. The van der Waals surface area contributed by atoms with Gasteiger partial charge in [0.1, 0.15) is 5.82 Å². The van der Waals surface area contributed by atoms with E-state index in [1.807, 2.05) is 6.92 Å². The fourth-order valence-electron chi connectivity index (χ4n) is 3.21. The number of amides is 1. The van der Waals surface area contributed by atoms with E-state index in [4.69, 9.17) is 4.74 Å². The number of carboxylic acid groups (broad SMARTS) is 1. The van der Waals surface area contributed by atoms with E-state index in [1.165, 1.54) is 23.5 Å². The molecule has 0 spiro atoms. The van der Waals surface area contributed by atoms with Gasteiger partial charge in [0, 0.05) is 18.1 Å². The van der Waals surface area contributed by atoms with Gasteiger partial charge in [0.05, 0.1) is 16.8 Å². The highest BCUT2D eigenvalue weighted by atomic mass is 32.1. The first kappa shape index (κ1) is 18.5. The Morgan fingerprint density at radius 1 is 1.27 bits per heavy atom. The molecule has 1 fully saturated rings. The molecule has 138 valence electrons. The summed E-state index contributed by atoms with van der Waals surface area (Å²) in [5.74, 6) is -1.54. The number of rotatable bonds is 5. The Hall–Kier alpha value is -2.25. The number of ether oxygens (including phenoxy) is 1. The Bertz CT molecular complexity index is 809. The summed E-state index contributed by atoms with van der Waals surface area (Å²) in [6, 6.07) is 7.90. The molecule has 1 aromatic carbocycles. The zero-order valence-corrected chi connectivity index (χ0v) is 15.2. The molecule has 2 heterocycles. The van der Waals surface area contributed by atoms with Gasteiger partial charge >= 0.3 is 5.97 Å². The van der Waals surface area contributed by atoms with Crippen LogP contribution >= 0.6 is 11.3 Å². The number of halogens is 1. The second-order valence-corrected chi connectivity index (χ2v) is 7.76. The van der Waals surface area contributed by atoms with Crippen LogP contribution in [-0.4, -0.2) is 35.7 Å². The van der Waals surface area contributed by atoms with Crippen LogP contribution in [0.3, 0.4) is 0 Å². The Balaban J connectivity index is 1.82. The van der Waals surface area contributed by atoms with E-state index in [0.29, 0.717) is 30.9 Å². The Morgan fingerprint density at radius 2 is 1.92 bits per heavy atom. The van der Waals surface area contributed by atoms with Crippen molar-refractivity contribution in [1.29, 1.82) is 0 Å². The number of carbonyl (C=O) groups excluding carboxylic acids is 1. The van der Waals surface area contributed by atoms with Crippen LogP contribution in [0.2, 0.25) is 0 Å². The second-order valence-electron chi connectivity index (χ2n) is 6.50. The average Bonchev–Trinajstić information content (AvgIpc) is 2.97. The van der Waals surface area contributed by atoms with E-state index in [9.17, 15) is 19.1 Å². The van der Waals surface area contributed by atoms with Crippen molar-refractivity contribution < 1.29 is 23.8 Å². The average molecular weight is 377 g/mol. The molecule has 0 bridgehead atoms. The largest absolute Gasteiger partial charge is 0.481 e. The van der Waals surface area contributed by atoms with Gasteiger partial charge in [0.15, 0.2) is 0 Å². The fraction of sp³-hybridized carbons (Fsp3) is 0.368. The molecule has 2 N–H and O–H groups in total. The van der Waals surface area contributed by atoms with E-state index in [1.54, 1.807) is 18.2 Å². The number of carboxylic acids is 1. The smallest absolute Gasteiger partial charge is 0.305 e. The fourth-order valence-corrected chi connectivity index (χ4v) is 4.15. The van der Waals surface area contributed by atoms with Crippen molar-refractivity contribution in [2.75, 3.05) is 13.2 Å². The van der Waals surface area contributed by atoms with Crippen molar-refractivity contribution in [3.63, 3.8) is 0 Å². The molecular formula is C19H20FNO4S. The van der Waals surface area contributed by atoms with Crippen LogP contribution in [0.15, 0.2) is 30.3 Å². The number of hydrogen-bond donors (Lipinski definition) is 2. The molecule has 1 aliphatic heterocycles. The first-order valence-electron chi connectivity index (χ1n) is 8.37. The molecule has 0 aliphatic carbocycles. The number of thiophene rings is 1. The predicted molar refractivity (Wildman–Crippen MR) is 97.0 cm³/mol. The van der Waals surface area contributed by atoms with Gasteiger partial charge in [-0.3, -0.25) is 9.59 Å². The van der Waals surface area contributed by atoms with Gasteiger partial charge < -0.3 is 15.2 Å². The van der Waals surface area contributed by atoms with E-state index >= 15 is 0 Å². The molecular weight excluding hydrogens is 357 g/mol. The molecule has 7 heteroatoms. The molecule has 2 aromatic rings. The van der Waals surface area contributed by atoms with Crippen LogP contribution in [0.25, 0.3) is 11.1 Å². The van der Waals surface area contributed by atoms with Crippen LogP contribution in [0.4, 0.5) is 4.39 Å². The summed E-state index contributed by atoms with van der Waals surface area (Å²) in [4.78, 5) is 25.5. The number of benzene rings is 1. The Kier molecular flexibility index (Phi) is 5.38. The van der Waals surface area contributed by atoms with E-state index < -0.39 is 11.5 Å². The number of hydrogen-bond acceptors (Lipinski definition) is 4. The lowest BCUT2D eigenvalue weighted by atomic mass is 9.86. The Morgan fingerprint density at radius 3 is 2.54 bits per heavy atom. The van der Waals surface area contributed by atoms with Gasteiger partial charge in [0.25, 0.3) is 5.91 Å². The van der Waals surface area contributed by atoms with E-state index in [0.717, 1.165) is 16.0 Å². The molecule has 0 saturated carbocycles. The van der Waals surface area contributed by atoms with Gasteiger partial charge in [-0.15, -0.1) is 11.3 Å². The summed E-state index contributed by atoms with van der Waals surface area (Å²) < 4.78 is 18.4. The molecule has 0 atom stereocenters. The lowest BCUT2D eigenvalue weighted by Crippen LogP contribution is -2.53. The summed E-state index contributed by atoms with van der Waals surface area (Å²) in [6.45, 7) is 2.76. The molecule has 1 aliphatic rings. The second kappa shape index (κ2) is 7.55. The van der Waals surface area contributed by atoms with Gasteiger partial charge in [-0.1, -0.05) is 12.1 Å². The normalized spacial score (nSPS) is 16.2. The van der Waals surface area contributed by atoms with E-state index in [2.05, 4.69) is 5.32 Å². The maximum absolute atomic E-state index is 13.1. The maximum atomic E-state index is 13.1. The number of aryl methyl sites for hydroxylation is 1. The summed E-state index contributed by atoms with van der Waals surface area (Å²) in [5, 5.41) is 12.1. The number of aliphatic carboxylic acids is 1. The summed E-state index contributed by atoms with van der Waals surface area (Å²) in [6.07, 6.45) is 0.817. The highest BCUT2D eigenvalue weighted by molar-refractivity contribution is 7.14. The molecule has 1 aromatic heterocycles. The number of carbonyl (C=O) groups is 2. The van der Waals surface area contributed by atoms with Gasteiger partial charge in [-0.05, 0) is 49.1 Å². The third-order valence-corrected chi connectivity index (χ3v) is 5.66. The van der Waals surface area contributed by atoms with E-state index in [-0.39, 0.29) is 18.1 Å². The summed E-state index contributed by atoms with van der Waals surface area (Å²) in [7, 11) is 0. The summed E-state index contributed by atoms with van der Waals surface area (Å²) >= 11 is 1.34. The SMILES string of the molecule is Cc1sc(C(=O)NC2(CC(=O)O)CCOCC2)cc1-c1ccc(F)cc1. The van der Waals surface area contributed by atoms with Crippen molar-refractivity contribution in [2.24, 2.45) is 0 Å². The molecule has 1 saturated heterocycles. The highest BCUT2D eigenvalue weighted by Crippen LogP contribution is 2.32. The van der Waals surface area contributed by atoms with Crippen molar-refractivity contribution in [3.05, 3.63) is 45.9 Å². The van der Waals surface area contributed by atoms with Gasteiger partial charge in [0.2, 0.25) is 0 Å². The maximum Gasteiger partial charge on any atom is 0.305 e. The first-order chi connectivity index (χ1) is 12.4. The standard InChI is InChI=1S/C19H20FNO4S/c1-12-15(13-2-4-14(20)5-3-13)10-16(26-12)18(24)21-19(11-17(22)23)6-8-25-9-7-19/h2-5,10H,6-9,11H2,1H3,(H,21,24)(H,22,23). The zero-order valence-electron chi connectivity index (χ0n) is 14.4. The van der Waals surface area contributed by atoms with Crippen LogP contribution in [-0.2, 0) is 9.53 Å². The zero-order chi connectivity index (χ0) is 18.7. The Labute approximate surface area is 154 Å². The van der Waals surface area contributed by atoms with Crippen molar-refractivity contribution in [3.8, 4) is 11.1 Å². The number of nitrogens with one attached hydrogen (secondary N) is 1. The third-order valence-electron chi connectivity index (χ3n) is 4.62. The molecule has 3 rings (SSSR count). The minimum absolute atomic E-state index is 0.128. The van der Waals surface area contributed by atoms with Crippen molar-refractivity contribution >= 4 is 23.2 Å². The van der Waals surface area contributed by atoms with Gasteiger partial charge in [-0.2, -0.15) is 0 Å². The minimum atomic E-state index is -0.943. The van der Waals surface area contributed by atoms with Crippen LogP contribution in [0, 0.1) is 12.7 Å². The third kappa shape index (κ3) is 4.11.